The normalized spacial score (nSPS) is 18.7. The SMILES string of the molecule is CCCC1(O)CN(C(=O)C=C(C)C)C1. The summed E-state index contributed by atoms with van der Waals surface area (Å²) < 4.78 is 0. The molecule has 1 amide bonds. The summed E-state index contributed by atoms with van der Waals surface area (Å²) in [5.41, 5.74) is 0.390. The van der Waals surface area contributed by atoms with Crippen LogP contribution in [0.4, 0.5) is 0 Å². The summed E-state index contributed by atoms with van der Waals surface area (Å²) in [6.45, 7) is 6.82. The standard InChI is InChI=1S/C11H19NO2/c1-4-5-11(14)7-12(8-11)10(13)6-9(2)3/h6,14H,4-5,7-8H2,1-3H3. The molecule has 0 atom stereocenters. The molecule has 0 saturated carbocycles. The van der Waals surface area contributed by atoms with Gasteiger partial charge in [-0.25, -0.2) is 0 Å². The Hall–Kier alpha value is -0.830. The molecular weight excluding hydrogens is 178 g/mol. The van der Waals surface area contributed by atoms with Crippen molar-refractivity contribution in [3.05, 3.63) is 11.6 Å². The van der Waals surface area contributed by atoms with Crippen LogP contribution >= 0.6 is 0 Å². The molecule has 3 heteroatoms. The Kier molecular flexibility index (Phi) is 3.32. The second-order valence-electron chi connectivity index (χ2n) is 4.39. The van der Waals surface area contributed by atoms with Crippen molar-refractivity contribution in [3.63, 3.8) is 0 Å². The van der Waals surface area contributed by atoms with Crippen LogP contribution in [0.1, 0.15) is 33.6 Å². The van der Waals surface area contributed by atoms with Crippen molar-refractivity contribution in [2.45, 2.75) is 39.2 Å². The van der Waals surface area contributed by atoms with Gasteiger partial charge in [-0.15, -0.1) is 0 Å². The molecule has 1 heterocycles. The molecule has 1 aliphatic heterocycles. The van der Waals surface area contributed by atoms with Crippen LogP contribution in [0.25, 0.3) is 0 Å². The number of nitrogens with zero attached hydrogens (tertiary/aromatic N) is 1. The molecule has 3 nitrogen and oxygen atoms in total. The summed E-state index contributed by atoms with van der Waals surface area (Å²) in [5.74, 6) is 0.0192. The number of hydrogen-bond donors (Lipinski definition) is 1. The highest BCUT2D eigenvalue weighted by molar-refractivity contribution is 5.89. The number of allylic oxidation sites excluding steroid dienone is 1. The molecule has 1 fully saturated rings. The number of rotatable bonds is 3. The Morgan fingerprint density at radius 2 is 2.07 bits per heavy atom. The first-order valence-corrected chi connectivity index (χ1v) is 5.13. The fourth-order valence-corrected chi connectivity index (χ4v) is 1.78. The van der Waals surface area contributed by atoms with Crippen LogP contribution in [0.2, 0.25) is 0 Å². The van der Waals surface area contributed by atoms with Gasteiger partial charge in [-0.1, -0.05) is 18.9 Å². The minimum atomic E-state index is -0.611. The molecule has 0 unspecified atom stereocenters. The zero-order chi connectivity index (χ0) is 10.8. The molecule has 0 aromatic heterocycles. The average Bonchev–Trinajstić information content (AvgIpc) is 1.98. The van der Waals surface area contributed by atoms with Gasteiger partial charge >= 0.3 is 0 Å². The van der Waals surface area contributed by atoms with E-state index < -0.39 is 5.60 Å². The molecule has 0 radical (unpaired) electrons. The van der Waals surface area contributed by atoms with Crippen molar-refractivity contribution in [1.29, 1.82) is 0 Å². The van der Waals surface area contributed by atoms with Gasteiger partial charge in [0.1, 0.15) is 0 Å². The minimum Gasteiger partial charge on any atom is -0.386 e. The van der Waals surface area contributed by atoms with E-state index in [1.54, 1.807) is 11.0 Å². The fraction of sp³-hybridized carbons (Fsp3) is 0.727. The third kappa shape index (κ3) is 2.58. The van der Waals surface area contributed by atoms with Gasteiger partial charge in [0.2, 0.25) is 5.91 Å². The van der Waals surface area contributed by atoms with E-state index in [4.69, 9.17) is 0 Å². The first kappa shape index (κ1) is 11.2. The van der Waals surface area contributed by atoms with Crippen LogP contribution in [-0.4, -0.2) is 34.6 Å². The molecule has 0 aromatic carbocycles. The van der Waals surface area contributed by atoms with Crippen LogP contribution in [0, 0.1) is 0 Å². The van der Waals surface area contributed by atoms with Crippen molar-refractivity contribution in [2.24, 2.45) is 0 Å². The molecule has 0 spiro atoms. The van der Waals surface area contributed by atoms with E-state index in [0.717, 1.165) is 18.4 Å². The third-order valence-electron chi connectivity index (χ3n) is 2.41. The van der Waals surface area contributed by atoms with Crippen molar-refractivity contribution in [1.82, 2.24) is 4.90 Å². The molecule has 0 aromatic rings. The predicted octanol–water partition coefficient (Wildman–Crippen LogP) is 1.33. The second-order valence-corrected chi connectivity index (χ2v) is 4.39. The first-order chi connectivity index (χ1) is 6.47. The lowest BCUT2D eigenvalue weighted by Crippen LogP contribution is -2.63. The number of hydrogen-bond acceptors (Lipinski definition) is 2. The Labute approximate surface area is 85.4 Å². The number of carbonyl (C=O) groups is 1. The minimum absolute atomic E-state index is 0.0192. The molecule has 14 heavy (non-hydrogen) atoms. The number of aliphatic hydroxyl groups is 1. The summed E-state index contributed by atoms with van der Waals surface area (Å²) in [6, 6.07) is 0. The highest BCUT2D eigenvalue weighted by Crippen LogP contribution is 2.25. The Balaban J connectivity index is 2.41. The van der Waals surface area contributed by atoms with Crippen LogP contribution in [0.5, 0.6) is 0 Å². The van der Waals surface area contributed by atoms with Crippen LogP contribution < -0.4 is 0 Å². The maximum absolute atomic E-state index is 11.5. The topological polar surface area (TPSA) is 40.5 Å². The lowest BCUT2D eigenvalue weighted by molar-refractivity contribution is -0.151. The van der Waals surface area contributed by atoms with E-state index in [1.807, 2.05) is 20.8 Å². The highest BCUT2D eigenvalue weighted by atomic mass is 16.3. The Morgan fingerprint density at radius 1 is 1.50 bits per heavy atom. The average molecular weight is 197 g/mol. The van der Waals surface area contributed by atoms with Crippen molar-refractivity contribution in [3.8, 4) is 0 Å². The smallest absolute Gasteiger partial charge is 0.246 e. The van der Waals surface area contributed by atoms with Crippen molar-refractivity contribution in [2.75, 3.05) is 13.1 Å². The number of likely N-dealkylation sites (tertiary alicyclic amines) is 1. The van der Waals surface area contributed by atoms with Crippen LogP contribution in [0.3, 0.4) is 0 Å². The monoisotopic (exact) mass is 197 g/mol. The van der Waals surface area contributed by atoms with E-state index in [2.05, 4.69) is 0 Å². The highest BCUT2D eigenvalue weighted by Gasteiger charge is 2.41. The quantitative estimate of drug-likeness (QED) is 0.693. The first-order valence-electron chi connectivity index (χ1n) is 5.13. The summed E-state index contributed by atoms with van der Waals surface area (Å²) in [4.78, 5) is 13.1. The van der Waals surface area contributed by atoms with E-state index in [9.17, 15) is 9.90 Å². The van der Waals surface area contributed by atoms with Crippen molar-refractivity contribution < 1.29 is 9.90 Å². The largest absolute Gasteiger partial charge is 0.386 e. The summed E-state index contributed by atoms with van der Waals surface area (Å²) in [6.07, 6.45) is 3.36. The zero-order valence-electron chi connectivity index (χ0n) is 9.21. The van der Waals surface area contributed by atoms with Gasteiger partial charge in [0.25, 0.3) is 0 Å². The summed E-state index contributed by atoms with van der Waals surface area (Å²) >= 11 is 0. The maximum Gasteiger partial charge on any atom is 0.246 e. The Bertz CT molecular complexity index is 248. The van der Waals surface area contributed by atoms with Gasteiger partial charge in [0, 0.05) is 6.08 Å². The van der Waals surface area contributed by atoms with E-state index in [1.165, 1.54) is 0 Å². The molecule has 1 N–H and O–H groups in total. The molecule has 1 saturated heterocycles. The van der Waals surface area contributed by atoms with Gasteiger partial charge in [-0.3, -0.25) is 4.79 Å². The molecule has 0 bridgehead atoms. The lowest BCUT2D eigenvalue weighted by Gasteiger charge is -2.46. The number of amides is 1. The third-order valence-corrected chi connectivity index (χ3v) is 2.41. The summed E-state index contributed by atoms with van der Waals surface area (Å²) in [7, 11) is 0. The predicted molar refractivity (Wildman–Crippen MR) is 55.9 cm³/mol. The van der Waals surface area contributed by atoms with E-state index >= 15 is 0 Å². The van der Waals surface area contributed by atoms with Crippen LogP contribution in [0.15, 0.2) is 11.6 Å². The molecular formula is C11H19NO2. The summed E-state index contributed by atoms with van der Waals surface area (Å²) in [5, 5.41) is 9.85. The van der Waals surface area contributed by atoms with E-state index in [-0.39, 0.29) is 5.91 Å². The Morgan fingerprint density at radius 3 is 2.50 bits per heavy atom. The van der Waals surface area contributed by atoms with Gasteiger partial charge in [0.05, 0.1) is 18.7 Å². The van der Waals surface area contributed by atoms with Gasteiger partial charge in [-0.2, -0.15) is 0 Å². The van der Waals surface area contributed by atoms with Gasteiger partial charge in [0.15, 0.2) is 0 Å². The lowest BCUT2D eigenvalue weighted by atomic mass is 9.89. The molecule has 1 rings (SSSR count). The molecule has 80 valence electrons. The molecule has 0 aliphatic carbocycles. The van der Waals surface area contributed by atoms with Crippen LogP contribution in [-0.2, 0) is 4.79 Å². The zero-order valence-corrected chi connectivity index (χ0v) is 9.21. The van der Waals surface area contributed by atoms with Gasteiger partial charge in [-0.05, 0) is 20.3 Å². The molecule has 1 aliphatic rings. The number of β-amino-alcohol motifs (C(OH)–C–C–N with tert-alkyl or cyclic N) is 1. The van der Waals surface area contributed by atoms with Crippen molar-refractivity contribution >= 4 is 5.91 Å². The second kappa shape index (κ2) is 4.13. The van der Waals surface area contributed by atoms with Gasteiger partial charge < -0.3 is 10.0 Å². The van der Waals surface area contributed by atoms with E-state index in [0.29, 0.717) is 13.1 Å². The number of carbonyl (C=O) groups excluding carboxylic acids is 1. The fourth-order valence-electron chi connectivity index (χ4n) is 1.78. The maximum atomic E-state index is 11.5.